The van der Waals surface area contributed by atoms with Crippen molar-refractivity contribution < 1.29 is 56.2 Å². The van der Waals surface area contributed by atoms with Crippen molar-refractivity contribution in [1.29, 1.82) is 0 Å². The Balaban J connectivity index is -0.000000128. The molecule has 0 heterocycles. The fourth-order valence-corrected chi connectivity index (χ4v) is 1.68. The number of rotatable bonds is 0. The van der Waals surface area contributed by atoms with E-state index in [4.69, 9.17) is 14.0 Å². The molecule has 3 nitrogen and oxygen atoms in total. The first kappa shape index (κ1) is 30.8. The molecule has 1 aliphatic rings. The van der Waals surface area contributed by atoms with Crippen molar-refractivity contribution >= 4 is 7.81 Å². The minimum absolute atomic E-state index is 0. The molecule has 11 heteroatoms. The Bertz CT molecular complexity index is 474. The van der Waals surface area contributed by atoms with Crippen LogP contribution in [0.15, 0.2) is 24.3 Å². The maximum Gasteiger partial charge on any atom is 0 e. The van der Waals surface area contributed by atoms with Crippen LogP contribution in [0.3, 0.4) is 0 Å². The van der Waals surface area contributed by atoms with E-state index < -0.39 is 7.81 Å². The Morgan fingerprint density at radius 2 is 0.875 bits per heavy atom. The molecule has 1 aliphatic carbocycles. The van der Waals surface area contributed by atoms with Gasteiger partial charge in [-0.2, -0.15) is 0 Å². The molecule has 0 saturated carbocycles. The number of hydrogen-bond acceptors (Lipinski definition) is 0. The van der Waals surface area contributed by atoms with Gasteiger partial charge in [-0.25, -0.2) is 0 Å². The second-order valence-corrected chi connectivity index (χ2v) is 5.85. The van der Waals surface area contributed by atoms with Gasteiger partial charge in [0.1, 0.15) is 0 Å². The van der Waals surface area contributed by atoms with Gasteiger partial charge in [0.25, 0.3) is 0 Å². The molecule has 0 atom stereocenters. The molecule has 24 heavy (non-hydrogen) atoms. The fraction of sp³-hybridized carbons (Fsp3) is 0.308. The SMILES string of the molecule is F[P-](F)(F)(F)(F)F.[C-]#[O+].[C-]#[O+].[C-]#[O+].[Mn].c1ccc2c(c1)CCCC2. The Morgan fingerprint density at radius 1 is 0.667 bits per heavy atom. The molecule has 0 bridgehead atoms. The smallest absolute Gasteiger partial charge is 0 e. The van der Waals surface area contributed by atoms with Crippen LogP contribution in [0.2, 0.25) is 0 Å². The summed E-state index contributed by atoms with van der Waals surface area (Å²) in [7, 11) is -10.7. The van der Waals surface area contributed by atoms with Crippen molar-refractivity contribution in [1.82, 2.24) is 0 Å². The third-order valence-corrected chi connectivity index (χ3v) is 2.26. The third kappa shape index (κ3) is 29.0. The number of benzene rings is 1. The average molecular weight is 416 g/mol. The topological polar surface area (TPSA) is 59.7 Å². The van der Waals surface area contributed by atoms with Crippen molar-refractivity contribution in [3.63, 3.8) is 0 Å². The van der Waals surface area contributed by atoms with E-state index >= 15 is 0 Å². The van der Waals surface area contributed by atoms with Crippen LogP contribution in [0.4, 0.5) is 25.2 Å². The van der Waals surface area contributed by atoms with Crippen LogP contribution in [-0.4, -0.2) is 0 Å². The van der Waals surface area contributed by atoms with Gasteiger partial charge in [0, 0.05) is 17.1 Å². The summed E-state index contributed by atoms with van der Waals surface area (Å²) < 4.78 is 81.7. The van der Waals surface area contributed by atoms with Gasteiger partial charge in [0.2, 0.25) is 0 Å². The van der Waals surface area contributed by atoms with Crippen molar-refractivity contribution in [2.45, 2.75) is 25.7 Å². The van der Waals surface area contributed by atoms with Gasteiger partial charge in [0.05, 0.1) is 0 Å². The Morgan fingerprint density at radius 3 is 1.08 bits per heavy atom. The molecule has 0 fully saturated rings. The monoisotopic (exact) mass is 416 g/mol. The van der Waals surface area contributed by atoms with Gasteiger partial charge in [-0.3, -0.25) is 0 Å². The van der Waals surface area contributed by atoms with Crippen molar-refractivity contribution in [2.75, 3.05) is 0 Å². The molecule has 0 spiro atoms. The van der Waals surface area contributed by atoms with Gasteiger partial charge in [0.15, 0.2) is 0 Å². The first-order valence-electron chi connectivity index (χ1n) is 5.66. The molecule has 137 valence electrons. The van der Waals surface area contributed by atoms with Crippen molar-refractivity contribution in [2.24, 2.45) is 0 Å². The number of hydrogen-bond donors (Lipinski definition) is 0. The van der Waals surface area contributed by atoms with Crippen LogP contribution >= 0.6 is 7.81 Å². The van der Waals surface area contributed by atoms with Crippen LogP contribution in [0.25, 0.3) is 0 Å². The molecule has 0 unspecified atom stereocenters. The zero-order valence-electron chi connectivity index (χ0n) is 12.0. The molecule has 1 radical (unpaired) electrons. The maximum absolute atomic E-state index is 10.7. The van der Waals surface area contributed by atoms with E-state index in [9.17, 15) is 25.2 Å². The third-order valence-electron chi connectivity index (χ3n) is 2.26. The molecule has 0 N–H and O–H groups in total. The predicted molar refractivity (Wildman–Crippen MR) is 68.4 cm³/mol. The van der Waals surface area contributed by atoms with E-state index in [-0.39, 0.29) is 17.1 Å². The fourth-order valence-electron chi connectivity index (χ4n) is 1.68. The van der Waals surface area contributed by atoms with Crippen molar-refractivity contribution in [3.05, 3.63) is 55.3 Å². The molecular weight excluding hydrogens is 404 g/mol. The minimum Gasteiger partial charge on any atom is -0.0620 e. The van der Waals surface area contributed by atoms with E-state index in [0.717, 1.165) is 0 Å². The van der Waals surface area contributed by atoms with E-state index in [1.807, 2.05) is 0 Å². The minimum atomic E-state index is -10.7. The first-order chi connectivity index (χ1) is 10.4. The zero-order valence-corrected chi connectivity index (χ0v) is 14.0. The van der Waals surface area contributed by atoms with Gasteiger partial charge in [-0.05, 0) is 36.8 Å². The molecule has 1 aromatic rings. The van der Waals surface area contributed by atoms with E-state index in [0.29, 0.717) is 0 Å². The summed E-state index contributed by atoms with van der Waals surface area (Å²) in [5.74, 6) is 0. The largest absolute Gasteiger partial charge is 0.0620 e. The molecular formula is C13H12F6MnO3P-. The predicted octanol–water partition coefficient (Wildman–Crippen LogP) is 5.83. The second kappa shape index (κ2) is 12.3. The average Bonchev–Trinajstić information content (AvgIpc) is 2.50. The first-order valence-corrected chi connectivity index (χ1v) is 7.69. The molecule has 2 rings (SSSR count). The quantitative estimate of drug-likeness (QED) is 0.168. The van der Waals surface area contributed by atoms with Crippen LogP contribution in [0.1, 0.15) is 24.0 Å². The Hall–Kier alpha value is -1.03. The molecule has 0 amide bonds. The summed E-state index contributed by atoms with van der Waals surface area (Å²) in [6, 6.07) is 8.80. The molecule has 1 aromatic carbocycles. The summed E-state index contributed by atoms with van der Waals surface area (Å²) in [5, 5.41) is 0. The van der Waals surface area contributed by atoms with Crippen molar-refractivity contribution in [3.8, 4) is 0 Å². The Kier molecular flexibility index (Phi) is 15.9. The summed E-state index contributed by atoms with van der Waals surface area (Å²) in [6.45, 7) is 13.5. The number of fused-ring (bicyclic) bond motifs is 1. The summed E-state index contributed by atoms with van der Waals surface area (Å²) in [6.07, 6.45) is 5.38. The second-order valence-electron chi connectivity index (χ2n) is 3.93. The van der Waals surface area contributed by atoms with Crippen LogP contribution in [0.5, 0.6) is 0 Å². The molecule has 0 aromatic heterocycles. The maximum atomic E-state index is 9.87. The summed E-state index contributed by atoms with van der Waals surface area (Å²) in [5.41, 5.74) is 3.16. The number of aryl methyl sites for hydroxylation is 2. The summed E-state index contributed by atoms with van der Waals surface area (Å²) in [4.78, 5) is 0. The molecule has 0 saturated heterocycles. The van der Waals surface area contributed by atoms with E-state index in [2.05, 4.69) is 44.2 Å². The zero-order chi connectivity index (χ0) is 19.2. The number of halogens is 6. The van der Waals surface area contributed by atoms with E-state index in [1.54, 1.807) is 11.1 Å². The Labute approximate surface area is 145 Å². The van der Waals surface area contributed by atoms with Gasteiger partial charge in [-0.15, -0.1) is 0 Å². The summed E-state index contributed by atoms with van der Waals surface area (Å²) >= 11 is 0. The van der Waals surface area contributed by atoms with E-state index in [1.165, 1.54) is 25.7 Å². The van der Waals surface area contributed by atoms with Crippen LogP contribution < -0.4 is 0 Å². The molecule has 0 aliphatic heterocycles. The van der Waals surface area contributed by atoms with Gasteiger partial charge < -0.3 is 0 Å². The normalized spacial score (nSPS) is 13.8. The van der Waals surface area contributed by atoms with Crippen LogP contribution in [-0.2, 0) is 43.9 Å². The van der Waals surface area contributed by atoms with Crippen LogP contribution in [0, 0.1) is 20.0 Å². The standard InChI is InChI=1S/C10H12.3CO.F6P.Mn/c1-2-6-10-8-4-3-7-9(10)5-1;3*1-2;1-7(2,3,4,5)6;/h1-2,5-6H,3-4,7-8H2;;;;;/q;;;;-1;. The van der Waals surface area contributed by atoms with Gasteiger partial charge in [-0.1, -0.05) is 24.3 Å². The van der Waals surface area contributed by atoms with Gasteiger partial charge >= 0.3 is 66.9 Å².